The number of benzene rings is 2. The molecule has 0 aromatic heterocycles. The standard InChI is InChI=1S/C23H26F2N2O4/c1-22(2,3)31-21(29)26-19(16-10-5-4-6-11-16)23(24,25)20(28)27-14-9-15-30-18-13-8-7-12-17(18)27/h4-8,10-13,19H,9,14-15H2,1-3H3,(H,26,29). The molecule has 0 spiro atoms. The number of rotatable bonds is 4. The number of carbonyl (C=O) groups excluding carboxylic acids is 2. The molecule has 1 aliphatic rings. The Morgan fingerprint density at radius 3 is 2.39 bits per heavy atom. The molecular weight excluding hydrogens is 406 g/mol. The van der Waals surface area contributed by atoms with E-state index in [1.54, 1.807) is 63.2 Å². The lowest BCUT2D eigenvalue weighted by Crippen LogP contribution is -2.52. The highest BCUT2D eigenvalue weighted by Gasteiger charge is 2.52. The number of nitrogens with one attached hydrogen (secondary N) is 1. The maximum absolute atomic E-state index is 15.7. The van der Waals surface area contributed by atoms with Gasteiger partial charge in [-0.25, -0.2) is 4.79 Å². The van der Waals surface area contributed by atoms with Crippen LogP contribution in [0, 0.1) is 0 Å². The van der Waals surface area contributed by atoms with E-state index in [9.17, 15) is 9.59 Å². The zero-order chi connectivity index (χ0) is 22.6. The average molecular weight is 432 g/mol. The number of hydrogen-bond acceptors (Lipinski definition) is 4. The number of fused-ring (bicyclic) bond motifs is 1. The fourth-order valence-electron chi connectivity index (χ4n) is 3.30. The SMILES string of the molecule is CC(C)(C)OC(=O)NC(c1ccccc1)C(F)(F)C(=O)N1CCCOc2ccccc21. The highest BCUT2D eigenvalue weighted by atomic mass is 19.3. The van der Waals surface area contributed by atoms with Crippen LogP contribution in [-0.4, -0.2) is 36.7 Å². The molecule has 0 aliphatic carbocycles. The summed E-state index contributed by atoms with van der Waals surface area (Å²) < 4.78 is 42.1. The van der Waals surface area contributed by atoms with Crippen molar-refractivity contribution in [2.75, 3.05) is 18.1 Å². The number of amides is 2. The Balaban J connectivity index is 1.96. The van der Waals surface area contributed by atoms with Crippen molar-refractivity contribution in [2.45, 2.75) is 44.8 Å². The van der Waals surface area contributed by atoms with Crippen LogP contribution in [0.25, 0.3) is 0 Å². The molecule has 2 aromatic carbocycles. The maximum atomic E-state index is 15.7. The summed E-state index contributed by atoms with van der Waals surface area (Å²) in [5, 5.41) is 2.20. The van der Waals surface area contributed by atoms with Crippen LogP contribution in [0.3, 0.4) is 0 Å². The Morgan fingerprint density at radius 2 is 1.71 bits per heavy atom. The Kier molecular flexibility index (Phi) is 6.48. The number of hydrogen-bond donors (Lipinski definition) is 1. The molecule has 0 fully saturated rings. The second kappa shape index (κ2) is 8.91. The second-order valence-corrected chi connectivity index (χ2v) is 8.24. The van der Waals surface area contributed by atoms with E-state index in [2.05, 4.69) is 5.32 Å². The number of halogens is 2. The molecule has 166 valence electrons. The van der Waals surface area contributed by atoms with Crippen molar-refractivity contribution in [3.05, 3.63) is 60.2 Å². The fraction of sp³-hybridized carbons (Fsp3) is 0.391. The third-order valence-corrected chi connectivity index (χ3v) is 4.63. The van der Waals surface area contributed by atoms with Gasteiger partial charge in [0.15, 0.2) is 0 Å². The number of anilines is 1. The van der Waals surface area contributed by atoms with Crippen LogP contribution in [0.1, 0.15) is 38.8 Å². The highest BCUT2D eigenvalue weighted by molar-refractivity contribution is 6.00. The van der Waals surface area contributed by atoms with Gasteiger partial charge in [-0.15, -0.1) is 0 Å². The van der Waals surface area contributed by atoms with Crippen LogP contribution in [0.4, 0.5) is 19.3 Å². The molecule has 1 N–H and O–H groups in total. The molecule has 0 saturated heterocycles. The van der Waals surface area contributed by atoms with Gasteiger partial charge in [0.25, 0.3) is 5.91 Å². The van der Waals surface area contributed by atoms with E-state index >= 15 is 8.78 Å². The van der Waals surface area contributed by atoms with Gasteiger partial charge in [0, 0.05) is 6.54 Å². The van der Waals surface area contributed by atoms with Gasteiger partial charge in [-0.3, -0.25) is 4.79 Å². The molecule has 6 nitrogen and oxygen atoms in total. The maximum Gasteiger partial charge on any atom is 0.408 e. The van der Waals surface area contributed by atoms with Crippen molar-refractivity contribution < 1.29 is 27.8 Å². The minimum Gasteiger partial charge on any atom is -0.491 e. The summed E-state index contributed by atoms with van der Waals surface area (Å²) in [7, 11) is 0. The van der Waals surface area contributed by atoms with E-state index in [-0.39, 0.29) is 17.8 Å². The molecule has 31 heavy (non-hydrogen) atoms. The lowest BCUT2D eigenvalue weighted by molar-refractivity contribution is -0.147. The number of para-hydroxylation sites is 2. The van der Waals surface area contributed by atoms with E-state index in [1.165, 1.54) is 12.1 Å². The van der Waals surface area contributed by atoms with Crippen molar-refractivity contribution in [3.63, 3.8) is 0 Å². The van der Waals surface area contributed by atoms with Crippen LogP contribution in [0.5, 0.6) is 5.75 Å². The minimum absolute atomic E-state index is 0.0688. The van der Waals surface area contributed by atoms with E-state index in [1.807, 2.05) is 0 Å². The van der Waals surface area contributed by atoms with Crippen molar-refractivity contribution in [3.8, 4) is 5.75 Å². The number of nitrogens with zero attached hydrogens (tertiary/aromatic N) is 1. The molecule has 8 heteroatoms. The first-order valence-electron chi connectivity index (χ1n) is 10.1. The lowest BCUT2D eigenvalue weighted by atomic mass is 9.99. The lowest BCUT2D eigenvalue weighted by Gasteiger charge is -2.32. The predicted molar refractivity (Wildman–Crippen MR) is 112 cm³/mol. The van der Waals surface area contributed by atoms with E-state index in [4.69, 9.17) is 9.47 Å². The third-order valence-electron chi connectivity index (χ3n) is 4.63. The van der Waals surface area contributed by atoms with Crippen molar-refractivity contribution in [2.24, 2.45) is 0 Å². The summed E-state index contributed by atoms with van der Waals surface area (Å²) in [6.45, 7) is 5.26. The predicted octanol–water partition coefficient (Wildman–Crippen LogP) is 4.70. The fourth-order valence-corrected chi connectivity index (χ4v) is 3.30. The number of alkyl halides is 2. The van der Waals surface area contributed by atoms with Crippen molar-refractivity contribution in [1.82, 2.24) is 5.32 Å². The molecule has 1 atom stereocenters. The Labute approximate surface area is 180 Å². The Morgan fingerprint density at radius 1 is 1.06 bits per heavy atom. The first-order chi connectivity index (χ1) is 14.6. The first kappa shape index (κ1) is 22.5. The summed E-state index contributed by atoms with van der Waals surface area (Å²) in [6, 6.07) is 12.3. The molecule has 3 rings (SSSR count). The van der Waals surface area contributed by atoms with Gasteiger partial charge in [-0.2, -0.15) is 8.78 Å². The smallest absolute Gasteiger partial charge is 0.408 e. The molecular formula is C23H26F2N2O4. The third kappa shape index (κ3) is 5.31. The summed E-state index contributed by atoms with van der Waals surface area (Å²) in [5.74, 6) is -5.01. The van der Waals surface area contributed by atoms with Gasteiger partial charge < -0.3 is 19.7 Å². The van der Waals surface area contributed by atoms with Crippen molar-refractivity contribution >= 4 is 17.7 Å². The zero-order valence-corrected chi connectivity index (χ0v) is 17.7. The molecule has 0 radical (unpaired) electrons. The largest absolute Gasteiger partial charge is 0.491 e. The molecule has 1 unspecified atom stereocenters. The topological polar surface area (TPSA) is 67.9 Å². The van der Waals surface area contributed by atoms with Crippen molar-refractivity contribution in [1.29, 1.82) is 0 Å². The molecule has 0 bridgehead atoms. The van der Waals surface area contributed by atoms with Crippen LogP contribution < -0.4 is 15.0 Å². The summed E-state index contributed by atoms with van der Waals surface area (Å²) in [6.07, 6.45) is -0.639. The second-order valence-electron chi connectivity index (χ2n) is 8.24. The molecule has 2 amide bonds. The van der Waals surface area contributed by atoms with Crippen LogP contribution in [0.2, 0.25) is 0 Å². The molecule has 2 aromatic rings. The van der Waals surface area contributed by atoms with E-state index in [0.29, 0.717) is 18.8 Å². The first-order valence-corrected chi connectivity index (χ1v) is 10.1. The van der Waals surface area contributed by atoms with Gasteiger partial charge in [-0.1, -0.05) is 42.5 Å². The average Bonchev–Trinajstić information content (AvgIpc) is 2.93. The Hall–Kier alpha value is -3.16. The van der Waals surface area contributed by atoms with Crippen LogP contribution in [0.15, 0.2) is 54.6 Å². The van der Waals surface area contributed by atoms with Gasteiger partial charge in [0.2, 0.25) is 0 Å². The Bertz CT molecular complexity index is 929. The normalized spacial score (nSPS) is 15.2. The number of carbonyl (C=O) groups is 2. The summed E-state index contributed by atoms with van der Waals surface area (Å²) in [5.41, 5.74) is -0.522. The van der Waals surface area contributed by atoms with Crippen LogP contribution >= 0.6 is 0 Å². The highest BCUT2D eigenvalue weighted by Crippen LogP contribution is 2.38. The quantitative estimate of drug-likeness (QED) is 0.760. The molecule has 0 saturated carbocycles. The molecule has 1 aliphatic heterocycles. The number of alkyl carbamates (subject to hydrolysis) is 1. The monoisotopic (exact) mass is 432 g/mol. The van der Waals surface area contributed by atoms with E-state index in [0.717, 1.165) is 4.90 Å². The van der Waals surface area contributed by atoms with E-state index < -0.39 is 29.6 Å². The van der Waals surface area contributed by atoms with Gasteiger partial charge >= 0.3 is 12.0 Å². The summed E-state index contributed by atoms with van der Waals surface area (Å²) in [4.78, 5) is 26.5. The van der Waals surface area contributed by atoms with Crippen LogP contribution in [-0.2, 0) is 9.53 Å². The minimum atomic E-state index is -3.95. The zero-order valence-electron chi connectivity index (χ0n) is 17.7. The van der Waals surface area contributed by atoms with Gasteiger partial charge in [0.1, 0.15) is 17.4 Å². The van der Waals surface area contributed by atoms with Gasteiger partial charge in [-0.05, 0) is 44.9 Å². The number of ether oxygens (including phenoxy) is 2. The molecule has 1 heterocycles. The van der Waals surface area contributed by atoms with Gasteiger partial charge in [0.05, 0.1) is 12.3 Å². The summed E-state index contributed by atoms with van der Waals surface area (Å²) >= 11 is 0.